The van der Waals surface area contributed by atoms with E-state index >= 15 is 0 Å². The Morgan fingerprint density at radius 1 is 1.42 bits per heavy atom. The van der Waals surface area contributed by atoms with Gasteiger partial charge >= 0.3 is 0 Å². The van der Waals surface area contributed by atoms with Gasteiger partial charge in [0.1, 0.15) is 11.9 Å². The molecule has 5 heteroatoms. The van der Waals surface area contributed by atoms with Crippen molar-refractivity contribution in [2.24, 2.45) is 4.99 Å². The van der Waals surface area contributed by atoms with E-state index in [0.717, 1.165) is 0 Å². The molecule has 2 N–H and O–H groups in total. The number of aliphatic hydroxyl groups is 1. The summed E-state index contributed by atoms with van der Waals surface area (Å²) in [7, 11) is 0. The molecular weight excluding hydrogens is 156 g/mol. The van der Waals surface area contributed by atoms with Crippen LogP contribution in [0.3, 0.4) is 0 Å². The van der Waals surface area contributed by atoms with Gasteiger partial charge in [-0.3, -0.25) is 4.99 Å². The molecule has 0 aliphatic carbocycles. The van der Waals surface area contributed by atoms with Crippen LogP contribution in [-0.2, 0) is 0 Å². The average Bonchev–Trinajstić information content (AvgIpc) is 2.17. The molecule has 0 saturated carbocycles. The summed E-state index contributed by atoms with van der Waals surface area (Å²) < 4.78 is 0. The smallest absolute Gasteiger partial charge is 0.155 e. The number of rotatable bonds is 1. The van der Waals surface area contributed by atoms with E-state index in [1.165, 1.54) is 0 Å². The monoisotopic (exact) mass is 164 g/mol. The Morgan fingerprint density at radius 2 is 2.25 bits per heavy atom. The number of aliphatic imine (C=N–C) groups is 1. The Hall–Kier alpha value is -1.49. The second-order valence-corrected chi connectivity index (χ2v) is 2.41. The van der Waals surface area contributed by atoms with E-state index in [1.807, 2.05) is 0 Å². The summed E-state index contributed by atoms with van der Waals surface area (Å²) >= 11 is 0. The lowest BCUT2D eigenvalue weighted by molar-refractivity contribution is 0.277. The van der Waals surface area contributed by atoms with Crippen LogP contribution in [0.2, 0.25) is 0 Å². The Balaban J connectivity index is 2.33. The number of aromatic nitrogens is 2. The minimum Gasteiger partial charge on any atom is -0.392 e. The summed E-state index contributed by atoms with van der Waals surface area (Å²) in [4.78, 5) is 12.1. The summed E-state index contributed by atoms with van der Waals surface area (Å²) in [6.45, 7) is -0.0352. The average molecular weight is 164 g/mol. The third kappa shape index (κ3) is 1.14. The fourth-order valence-electron chi connectivity index (χ4n) is 1.00. The molecule has 62 valence electrons. The Labute approximate surface area is 69.2 Å². The molecule has 0 bridgehead atoms. The maximum atomic E-state index is 8.79. The van der Waals surface area contributed by atoms with Crippen molar-refractivity contribution in [2.45, 2.75) is 6.17 Å². The molecule has 12 heavy (non-hydrogen) atoms. The highest BCUT2D eigenvalue weighted by Gasteiger charge is 2.13. The first kappa shape index (κ1) is 7.17. The Kier molecular flexibility index (Phi) is 1.71. The van der Waals surface area contributed by atoms with E-state index in [4.69, 9.17) is 5.11 Å². The number of aliphatic hydroxyl groups excluding tert-OH is 1. The van der Waals surface area contributed by atoms with Crippen molar-refractivity contribution in [3.05, 3.63) is 18.1 Å². The lowest BCUT2D eigenvalue weighted by Crippen LogP contribution is -2.26. The zero-order valence-electron chi connectivity index (χ0n) is 6.31. The first-order chi connectivity index (χ1) is 5.90. The van der Waals surface area contributed by atoms with Crippen molar-refractivity contribution in [3.8, 4) is 0 Å². The Bertz CT molecular complexity index is 312. The van der Waals surface area contributed by atoms with Crippen molar-refractivity contribution in [2.75, 3.05) is 11.9 Å². The third-order valence-corrected chi connectivity index (χ3v) is 1.58. The Morgan fingerprint density at radius 3 is 3.08 bits per heavy atom. The summed E-state index contributed by atoms with van der Waals surface area (Å²) in [5, 5.41) is 11.7. The van der Waals surface area contributed by atoms with E-state index in [0.29, 0.717) is 11.5 Å². The van der Waals surface area contributed by atoms with Gasteiger partial charge in [-0.25, -0.2) is 9.97 Å². The SMILES string of the molecule is OCC1N=Cc2nccnc2N1. The minimum absolute atomic E-state index is 0.0352. The first-order valence-corrected chi connectivity index (χ1v) is 3.62. The van der Waals surface area contributed by atoms with Crippen LogP contribution in [0.4, 0.5) is 5.82 Å². The molecule has 2 rings (SSSR count). The van der Waals surface area contributed by atoms with Crippen molar-refractivity contribution in [1.29, 1.82) is 0 Å². The van der Waals surface area contributed by atoms with E-state index in [1.54, 1.807) is 18.6 Å². The van der Waals surface area contributed by atoms with Crippen LogP contribution in [-0.4, -0.2) is 34.1 Å². The summed E-state index contributed by atoms with van der Waals surface area (Å²) in [5.74, 6) is 0.673. The van der Waals surface area contributed by atoms with Crippen LogP contribution in [0.15, 0.2) is 17.4 Å². The predicted molar refractivity (Wildman–Crippen MR) is 44.1 cm³/mol. The van der Waals surface area contributed by atoms with Gasteiger partial charge in [-0.15, -0.1) is 0 Å². The molecule has 1 aliphatic heterocycles. The number of hydrogen-bond donors (Lipinski definition) is 2. The standard InChI is InChI=1S/C7H8N4O/c12-4-6-10-3-5-7(11-6)9-2-1-8-5/h1-3,6,12H,4H2,(H,9,11). The number of anilines is 1. The molecule has 1 aliphatic rings. The van der Waals surface area contributed by atoms with Crippen molar-refractivity contribution in [3.63, 3.8) is 0 Å². The molecule has 0 radical (unpaired) electrons. The predicted octanol–water partition coefficient (Wildman–Crippen LogP) is -0.361. The van der Waals surface area contributed by atoms with Gasteiger partial charge in [0.2, 0.25) is 0 Å². The van der Waals surface area contributed by atoms with Gasteiger partial charge in [-0.2, -0.15) is 0 Å². The van der Waals surface area contributed by atoms with Crippen LogP contribution >= 0.6 is 0 Å². The molecule has 0 spiro atoms. The van der Waals surface area contributed by atoms with E-state index < -0.39 is 0 Å². The quantitative estimate of drug-likeness (QED) is 0.594. The molecule has 2 heterocycles. The fraction of sp³-hybridized carbons (Fsp3) is 0.286. The number of nitrogens with one attached hydrogen (secondary N) is 1. The van der Waals surface area contributed by atoms with Crippen molar-refractivity contribution in [1.82, 2.24) is 9.97 Å². The van der Waals surface area contributed by atoms with Crippen molar-refractivity contribution >= 4 is 12.0 Å². The van der Waals surface area contributed by atoms with Crippen LogP contribution in [0.5, 0.6) is 0 Å². The topological polar surface area (TPSA) is 70.4 Å². The van der Waals surface area contributed by atoms with Gasteiger partial charge in [0.25, 0.3) is 0 Å². The van der Waals surface area contributed by atoms with Crippen molar-refractivity contribution < 1.29 is 5.11 Å². The molecule has 1 atom stereocenters. The second kappa shape index (κ2) is 2.86. The van der Waals surface area contributed by atoms with Crippen LogP contribution in [0, 0.1) is 0 Å². The lowest BCUT2D eigenvalue weighted by Gasteiger charge is -2.17. The zero-order valence-corrected chi connectivity index (χ0v) is 6.31. The summed E-state index contributed by atoms with van der Waals surface area (Å²) in [5.41, 5.74) is 0.710. The van der Waals surface area contributed by atoms with Crippen LogP contribution in [0.25, 0.3) is 0 Å². The van der Waals surface area contributed by atoms with E-state index in [2.05, 4.69) is 20.3 Å². The highest BCUT2D eigenvalue weighted by Crippen LogP contribution is 2.11. The molecule has 0 aromatic carbocycles. The normalized spacial score (nSPS) is 19.9. The number of nitrogens with zero attached hydrogens (tertiary/aromatic N) is 3. The van der Waals surface area contributed by atoms with E-state index in [-0.39, 0.29) is 12.8 Å². The highest BCUT2D eigenvalue weighted by molar-refractivity contribution is 5.85. The maximum Gasteiger partial charge on any atom is 0.155 e. The molecule has 1 aromatic rings. The van der Waals surface area contributed by atoms with E-state index in [9.17, 15) is 0 Å². The molecule has 0 fully saturated rings. The minimum atomic E-state index is -0.283. The largest absolute Gasteiger partial charge is 0.392 e. The molecule has 1 unspecified atom stereocenters. The van der Waals surface area contributed by atoms with Gasteiger partial charge in [-0.1, -0.05) is 0 Å². The first-order valence-electron chi connectivity index (χ1n) is 3.62. The van der Waals surface area contributed by atoms with Crippen LogP contribution < -0.4 is 5.32 Å². The van der Waals surface area contributed by atoms with Gasteiger partial charge in [0, 0.05) is 12.4 Å². The number of fused-ring (bicyclic) bond motifs is 1. The maximum absolute atomic E-state index is 8.79. The fourth-order valence-corrected chi connectivity index (χ4v) is 1.00. The van der Waals surface area contributed by atoms with Gasteiger partial charge in [-0.05, 0) is 0 Å². The van der Waals surface area contributed by atoms with Crippen LogP contribution in [0.1, 0.15) is 5.69 Å². The van der Waals surface area contributed by atoms with Gasteiger partial charge in [0.05, 0.1) is 12.8 Å². The molecule has 0 amide bonds. The van der Waals surface area contributed by atoms with Gasteiger partial charge in [0.15, 0.2) is 5.82 Å². The molecular formula is C7H8N4O. The second-order valence-electron chi connectivity index (χ2n) is 2.41. The molecule has 5 nitrogen and oxygen atoms in total. The summed E-state index contributed by atoms with van der Waals surface area (Å²) in [6.07, 6.45) is 4.53. The summed E-state index contributed by atoms with van der Waals surface area (Å²) in [6, 6.07) is 0. The molecule has 1 aromatic heterocycles. The molecule has 0 saturated heterocycles. The zero-order chi connectivity index (χ0) is 8.39. The highest BCUT2D eigenvalue weighted by atomic mass is 16.3. The van der Waals surface area contributed by atoms with Gasteiger partial charge < -0.3 is 10.4 Å². The third-order valence-electron chi connectivity index (χ3n) is 1.58. The lowest BCUT2D eigenvalue weighted by atomic mass is 10.3. The number of hydrogen-bond acceptors (Lipinski definition) is 5.